The maximum Gasteiger partial charge on any atom is 0.277 e. The largest absolute Gasteiger partial charge is 0.493 e. The van der Waals surface area contributed by atoms with Gasteiger partial charge in [-0.1, -0.05) is 28.1 Å². The Morgan fingerprint density at radius 2 is 2.13 bits per heavy atom. The smallest absolute Gasteiger partial charge is 0.277 e. The Bertz CT molecular complexity index is 722. The number of rotatable bonds is 6. The van der Waals surface area contributed by atoms with Crippen molar-refractivity contribution in [2.75, 3.05) is 13.7 Å². The fourth-order valence-electron chi connectivity index (χ4n) is 1.70. The highest BCUT2D eigenvalue weighted by molar-refractivity contribution is 14.1. The predicted octanol–water partition coefficient (Wildman–Crippen LogP) is 3.59. The first-order chi connectivity index (χ1) is 11.1. The molecule has 0 spiro atoms. The Balaban J connectivity index is 1.86. The molecule has 0 aromatic heterocycles. The minimum absolute atomic E-state index is 0.151. The van der Waals surface area contributed by atoms with Crippen molar-refractivity contribution < 1.29 is 14.3 Å². The number of halogens is 2. The summed E-state index contributed by atoms with van der Waals surface area (Å²) in [4.78, 5) is 11.7. The van der Waals surface area contributed by atoms with Gasteiger partial charge in [-0.25, -0.2) is 5.43 Å². The molecule has 0 fully saturated rings. The molecule has 0 aliphatic rings. The molecule has 0 atom stereocenters. The summed E-state index contributed by atoms with van der Waals surface area (Å²) in [6.45, 7) is -0.151. The summed E-state index contributed by atoms with van der Waals surface area (Å²) in [5.74, 6) is 0.693. The monoisotopic (exact) mass is 488 g/mol. The molecule has 0 aliphatic carbocycles. The number of hydrogen-bond donors (Lipinski definition) is 1. The maximum absolute atomic E-state index is 11.7. The third-order valence-corrected chi connectivity index (χ3v) is 3.90. The van der Waals surface area contributed by atoms with Crippen LogP contribution in [0.4, 0.5) is 0 Å². The van der Waals surface area contributed by atoms with Crippen molar-refractivity contribution in [2.24, 2.45) is 5.10 Å². The van der Waals surface area contributed by atoms with Crippen LogP contribution in [-0.2, 0) is 4.79 Å². The second-order valence-corrected chi connectivity index (χ2v) is 6.59. The van der Waals surface area contributed by atoms with Gasteiger partial charge in [0.25, 0.3) is 5.91 Å². The molecule has 0 heterocycles. The summed E-state index contributed by atoms with van der Waals surface area (Å²) in [5.41, 5.74) is 3.33. The Labute approximate surface area is 156 Å². The SMILES string of the molecule is COc1cc(Br)ccc1OCC(=O)N/N=C/c1cccc(I)c1. The lowest BCUT2D eigenvalue weighted by Crippen LogP contribution is -2.24. The van der Waals surface area contributed by atoms with Gasteiger partial charge >= 0.3 is 0 Å². The van der Waals surface area contributed by atoms with Crippen molar-refractivity contribution in [3.8, 4) is 11.5 Å². The van der Waals surface area contributed by atoms with Gasteiger partial charge in [0.2, 0.25) is 0 Å². The Morgan fingerprint density at radius 3 is 2.87 bits per heavy atom. The van der Waals surface area contributed by atoms with Gasteiger partial charge in [-0.3, -0.25) is 4.79 Å². The Kier molecular flexibility index (Phi) is 6.85. The van der Waals surface area contributed by atoms with Crippen LogP contribution in [0.3, 0.4) is 0 Å². The van der Waals surface area contributed by atoms with Crippen LogP contribution < -0.4 is 14.9 Å². The second-order valence-electron chi connectivity index (χ2n) is 4.43. The molecule has 2 aromatic carbocycles. The van der Waals surface area contributed by atoms with Gasteiger partial charge in [-0.2, -0.15) is 5.10 Å². The zero-order chi connectivity index (χ0) is 16.7. The highest BCUT2D eigenvalue weighted by Crippen LogP contribution is 2.29. The van der Waals surface area contributed by atoms with Crippen LogP contribution in [0.15, 0.2) is 52.0 Å². The van der Waals surface area contributed by atoms with Crippen LogP contribution in [0.25, 0.3) is 0 Å². The average Bonchev–Trinajstić information content (AvgIpc) is 2.53. The first-order valence-electron chi connectivity index (χ1n) is 6.62. The molecule has 2 rings (SSSR count). The lowest BCUT2D eigenvalue weighted by Gasteiger charge is -2.10. The number of hydrazone groups is 1. The lowest BCUT2D eigenvalue weighted by atomic mass is 10.2. The van der Waals surface area contributed by atoms with Gasteiger partial charge in [0.15, 0.2) is 18.1 Å². The number of methoxy groups -OCH3 is 1. The molecule has 7 heteroatoms. The molecule has 120 valence electrons. The highest BCUT2D eigenvalue weighted by Gasteiger charge is 2.07. The van der Waals surface area contributed by atoms with E-state index in [1.807, 2.05) is 30.3 Å². The Morgan fingerprint density at radius 1 is 1.30 bits per heavy atom. The first kappa shape index (κ1) is 17.7. The molecule has 0 unspecified atom stereocenters. The van der Waals surface area contributed by atoms with Crippen molar-refractivity contribution in [1.82, 2.24) is 5.43 Å². The van der Waals surface area contributed by atoms with E-state index < -0.39 is 0 Å². The summed E-state index contributed by atoms with van der Waals surface area (Å²) in [7, 11) is 1.54. The van der Waals surface area contributed by atoms with Crippen molar-refractivity contribution in [2.45, 2.75) is 0 Å². The summed E-state index contributed by atoms with van der Waals surface area (Å²) in [6.07, 6.45) is 1.58. The van der Waals surface area contributed by atoms with Gasteiger partial charge in [0.1, 0.15) is 0 Å². The fraction of sp³-hybridized carbons (Fsp3) is 0.125. The quantitative estimate of drug-likeness (QED) is 0.384. The first-order valence-corrected chi connectivity index (χ1v) is 8.49. The van der Waals surface area contributed by atoms with Crippen molar-refractivity contribution in [3.05, 3.63) is 56.1 Å². The zero-order valence-corrected chi connectivity index (χ0v) is 16.0. The average molecular weight is 489 g/mol. The van der Waals surface area contributed by atoms with Crippen LogP contribution >= 0.6 is 38.5 Å². The summed E-state index contributed by atoms with van der Waals surface area (Å²) in [6, 6.07) is 13.1. The lowest BCUT2D eigenvalue weighted by molar-refractivity contribution is -0.123. The van der Waals surface area contributed by atoms with Crippen molar-refractivity contribution in [3.63, 3.8) is 0 Å². The predicted molar refractivity (Wildman–Crippen MR) is 101 cm³/mol. The molecular weight excluding hydrogens is 475 g/mol. The second kappa shape index (κ2) is 8.88. The number of nitrogens with one attached hydrogen (secondary N) is 1. The molecule has 0 aliphatic heterocycles. The molecule has 0 bridgehead atoms. The zero-order valence-electron chi connectivity index (χ0n) is 12.3. The van der Waals surface area contributed by atoms with E-state index in [-0.39, 0.29) is 12.5 Å². The highest BCUT2D eigenvalue weighted by atomic mass is 127. The van der Waals surface area contributed by atoms with Gasteiger partial charge in [0, 0.05) is 8.04 Å². The summed E-state index contributed by atoms with van der Waals surface area (Å²) in [5, 5.41) is 3.91. The number of benzene rings is 2. The van der Waals surface area contributed by atoms with E-state index in [0.29, 0.717) is 11.5 Å². The summed E-state index contributed by atoms with van der Waals surface area (Å²) < 4.78 is 12.6. The number of hydrogen-bond acceptors (Lipinski definition) is 4. The van der Waals surface area contributed by atoms with Crippen LogP contribution in [0, 0.1) is 3.57 Å². The summed E-state index contributed by atoms with van der Waals surface area (Å²) >= 11 is 5.56. The molecule has 0 radical (unpaired) electrons. The van der Waals surface area contributed by atoms with Crippen LogP contribution in [0.1, 0.15) is 5.56 Å². The van der Waals surface area contributed by atoms with E-state index in [1.54, 1.807) is 25.5 Å². The Hall–Kier alpha value is -1.61. The minimum atomic E-state index is -0.350. The van der Waals surface area contributed by atoms with Gasteiger partial charge in [-0.15, -0.1) is 0 Å². The van der Waals surface area contributed by atoms with Crippen molar-refractivity contribution in [1.29, 1.82) is 0 Å². The molecule has 0 saturated carbocycles. The van der Waals surface area contributed by atoms with Crippen LogP contribution in [0.2, 0.25) is 0 Å². The van der Waals surface area contributed by atoms with Crippen LogP contribution in [0.5, 0.6) is 11.5 Å². The van der Waals surface area contributed by atoms with E-state index in [2.05, 4.69) is 49.0 Å². The van der Waals surface area contributed by atoms with E-state index in [9.17, 15) is 4.79 Å². The van der Waals surface area contributed by atoms with Gasteiger partial charge < -0.3 is 9.47 Å². The number of ether oxygens (including phenoxy) is 2. The van der Waals surface area contributed by atoms with E-state index in [4.69, 9.17) is 9.47 Å². The van der Waals surface area contributed by atoms with Gasteiger partial charge in [-0.05, 0) is 58.5 Å². The third-order valence-electron chi connectivity index (χ3n) is 2.74. The molecule has 0 saturated heterocycles. The minimum Gasteiger partial charge on any atom is -0.493 e. The fourth-order valence-corrected chi connectivity index (χ4v) is 2.61. The van der Waals surface area contributed by atoms with E-state index in [1.165, 1.54) is 0 Å². The third kappa shape index (κ3) is 5.83. The maximum atomic E-state index is 11.7. The normalized spacial score (nSPS) is 10.6. The molecule has 2 aromatic rings. The number of nitrogens with zero attached hydrogens (tertiary/aromatic N) is 1. The van der Waals surface area contributed by atoms with Crippen molar-refractivity contribution >= 4 is 50.6 Å². The molecule has 23 heavy (non-hydrogen) atoms. The molecule has 1 amide bonds. The van der Waals surface area contributed by atoms with E-state index >= 15 is 0 Å². The number of carbonyl (C=O) groups is 1. The van der Waals surface area contributed by atoms with E-state index in [0.717, 1.165) is 13.6 Å². The van der Waals surface area contributed by atoms with Crippen LogP contribution in [-0.4, -0.2) is 25.8 Å². The number of carbonyl (C=O) groups excluding carboxylic acids is 1. The number of amides is 1. The molecular formula is C16H14BrIN2O3. The topological polar surface area (TPSA) is 59.9 Å². The standard InChI is InChI=1S/C16H14BrIN2O3/c1-22-15-8-12(17)5-6-14(15)23-10-16(21)20-19-9-11-3-2-4-13(18)7-11/h2-9H,10H2,1H3,(H,20,21)/b19-9+. The molecule has 1 N–H and O–H groups in total. The molecule has 5 nitrogen and oxygen atoms in total. The van der Waals surface area contributed by atoms with Gasteiger partial charge in [0.05, 0.1) is 13.3 Å².